The number of halogens is 1. The predicted octanol–water partition coefficient (Wildman–Crippen LogP) is -0.440. The Labute approximate surface area is 151 Å². The smallest absolute Gasteiger partial charge is 0.222 e. The van der Waals surface area contributed by atoms with Gasteiger partial charge in [-0.25, -0.2) is 18.6 Å². The first kappa shape index (κ1) is 18.0. The van der Waals surface area contributed by atoms with Crippen LogP contribution < -0.4 is 23.2 Å². The van der Waals surface area contributed by atoms with Crippen molar-refractivity contribution in [3.63, 3.8) is 0 Å². The number of hydrogen-bond donors (Lipinski definition) is 0. The summed E-state index contributed by atoms with van der Waals surface area (Å²) in [5.41, 5.74) is 4.06. The summed E-state index contributed by atoms with van der Waals surface area (Å²) >= 11 is 1.96. The number of nitrogens with zero attached hydrogens (tertiary/aromatic N) is 1. The molecule has 1 aliphatic heterocycles. The van der Waals surface area contributed by atoms with Gasteiger partial charge in [0, 0.05) is 18.4 Å². The van der Waals surface area contributed by atoms with Crippen molar-refractivity contribution in [3.8, 4) is 21.7 Å². The largest absolute Gasteiger partial charge is 0.238 e. The summed E-state index contributed by atoms with van der Waals surface area (Å²) in [7, 11) is -4.94. The highest BCUT2D eigenvalue weighted by Crippen LogP contribution is 2.37. The number of aromatic nitrogens is 1. The molecular formula is C18H16ClNO4S. The number of fused-ring (bicyclic) bond motifs is 1. The lowest BCUT2D eigenvalue weighted by Crippen LogP contribution is -2.68. The summed E-state index contributed by atoms with van der Waals surface area (Å²) in [6, 6.07) is 21.6. The van der Waals surface area contributed by atoms with Crippen molar-refractivity contribution in [1.29, 1.82) is 0 Å². The molecular weight excluding hydrogens is 362 g/mol. The van der Waals surface area contributed by atoms with Gasteiger partial charge >= 0.3 is 0 Å². The Morgan fingerprint density at radius 2 is 1.32 bits per heavy atom. The molecule has 0 bridgehead atoms. The maximum atomic E-state index is 8.49. The molecule has 3 aromatic rings. The summed E-state index contributed by atoms with van der Waals surface area (Å²) in [6.07, 6.45) is 2.50. The van der Waals surface area contributed by atoms with Crippen molar-refractivity contribution in [2.75, 3.05) is 0 Å². The quantitative estimate of drug-likeness (QED) is 0.565. The second-order valence-electron chi connectivity index (χ2n) is 5.54. The molecule has 25 heavy (non-hydrogen) atoms. The summed E-state index contributed by atoms with van der Waals surface area (Å²) in [5, 5.41) is 1.52. The van der Waals surface area contributed by atoms with Gasteiger partial charge < -0.3 is 0 Å². The van der Waals surface area contributed by atoms with Crippen molar-refractivity contribution >= 4 is 11.3 Å². The third kappa shape index (κ3) is 4.64. The van der Waals surface area contributed by atoms with Gasteiger partial charge in [-0.05, 0) is 17.7 Å². The minimum absolute atomic E-state index is 1.16. The minimum Gasteiger partial charge on any atom is -0.222 e. The standard InChI is InChI=1S/C18H16NS.ClHO4/c1-3-8-14(9-4-1)17-18(15-10-5-2-6-11-15)20-16-12-7-13-19(16)17;2-1(3,4)5/h1-6,8-11H,7,12-13H2;(H,2,3,4,5)/q+1;/p-1. The molecule has 7 heteroatoms. The van der Waals surface area contributed by atoms with E-state index in [-0.39, 0.29) is 0 Å². The highest BCUT2D eigenvalue weighted by molar-refractivity contribution is 7.15. The topological polar surface area (TPSA) is 96.1 Å². The first-order valence-electron chi connectivity index (χ1n) is 7.71. The molecule has 0 spiro atoms. The van der Waals surface area contributed by atoms with E-state index >= 15 is 0 Å². The lowest BCUT2D eigenvalue weighted by atomic mass is 10.1. The lowest BCUT2D eigenvalue weighted by Gasteiger charge is -2.17. The van der Waals surface area contributed by atoms with Gasteiger partial charge in [0.15, 0.2) is 6.54 Å². The molecule has 0 atom stereocenters. The molecule has 2 heterocycles. The molecule has 0 unspecified atom stereocenters. The van der Waals surface area contributed by atoms with Gasteiger partial charge in [-0.15, -0.1) is 10.2 Å². The van der Waals surface area contributed by atoms with Gasteiger partial charge in [0.25, 0.3) is 0 Å². The Morgan fingerprint density at radius 1 is 0.800 bits per heavy atom. The molecule has 0 saturated heterocycles. The summed E-state index contributed by atoms with van der Waals surface area (Å²) in [6.45, 7) is 1.16. The van der Waals surface area contributed by atoms with Crippen LogP contribution in [0, 0.1) is 10.2 Å². The molecule has 0 aliphatic carbocycles. The van der Waals surface area contributed by atoms with Crippen LogP contribution in [0.3, 0.4) is 0 Å². The fourth-order valence-corrected chi connectivity index (χ4v) is 4.30. The minimum atomic E-state index is -4.94. The zero-order chi connectivity index (χ0) is 17.9. The SMILES string of the molecule is [O-][Cl+3]([O-])([O-])[O-].c1ccc(-c2sc3[n+](c2-c2ccccc2)CCC3)cc1. The average molecular weight is 378 g/mol. The van der Waals surface area contributed by atoms with Gasteiger partial charge in [-0.3, -0.25) is 0 Å². The van der Waals surface area contributed by atoms with E-state index in [1.165, 1.54) is 39.5 Å². The number of aryl methyl sites for hydroxylation is 1. The van der Waals surface area contributed by atoms with Gasteiger partial charge in [-0.1, -0.05) is 59.9 Å². The third-order valence-corrected chi connectivity index (χ3v) is 5.15. The maximum Gasteiger partial charge on any atom is 0.238 e. The van der Waals surface area contributed by atoms with Gasteiger partial charge in [-0.2, -0.15) is 4.57 Å². The maximum absolute atomic E-state index is 8.49. The number of benzene rings is 2. The molecule has 0 saturated carbocycles. The van der Waals surface area contributed by atoms with E-state index in [4.69, 9.17) is 18.6 Å². The molecule has 4 rings (SSSR count). The molecule has 0 N–H and O–H groups in total. The Hall–Kier alpha value is -1.80. The zero-order valence-electron chi connectivity index (χ0n) is 13.3. The predicted molar refractivity (Wildman–Crippen MR) is 83.7 cm³/mol. The number of rotatable bonds is 2. The van der Waals surface area contributed by atoms with E-state index in [9.17, 15) is 0 Å². The Balaban J connectivity index is 0.000000324. The average Bonchev–Trinajstić information content (AvgIpc) is 3.15. The van der Waals surface area contributed by atoms with Crippen molar-refractivity contribution in [1.82, 2.24) is 0 Å². The molecule has 5 nitrogen and oxygen atoms in total. The Bertz CT molecular complexity index is 826. The van der Waals surface area contributed by atoms with Crippen molar-refractivity contribution in [2.24, 2.45) is 0 Å². The highest BCUT2D eigenvalue weighted by atomic mass is 35.7. The van der Waals surface area contributed by atoms with Crippen LogP contribution in [0.25, 0.3) is 21.7 Å². The monoisotopic (exact) mass is 377 g/mol. The van der Waals surface area contributed by atoms with E-state index in [1.54, 1.807) is 0 Å². The van der Waals surface area contributed by atoms with E-state index in [2.05, 4.69) is 65.2 Å². The lowest BCUT2D eigenvalue weighted by molar-refractivity contribution is -2.00. The van der Waals surface area contributed by atoms with E-state index < -0.39 is 10.2 Å². The Morgan fingerprint density at radius 3 is 1.88 bits per heavy atom. The Kier molecular flexibility index (Phi) is 5.48. The van der Waals surface area contributed by atoms with Crippen LogP contribution in [0.5, 0.6) is 0 Å². The van der Waals surface area contributed by atoms with Crippen LogP contribution in [0.4, 0.5) is 0 Å². The first-order valence-corrected chi connectivity index (χ1v) is 9.76. The molecule has 2 aromatic carbocycles. The van der Waals surface area contributed by atoms with Gasteiger partial charge in [0.2, 0.25) is 10.7 Å². The molecule has 130 valence electrons. The molecule has 0 radical (unpaired) electrons. The van der Waals surface area contributed by atoms with Crippen LogP contribution >= 0.6 is 11.3 Å². The fraction of sp³-hybridized carbons (Fsp3) is 0.167. The van der Waals surface area contributed by atoms with E-state index in [1.807, 2.05) is 11.3 Å². The van der Waals surface area contributed by atoms with Gasteiger partial charge in [0.1, 0.15) is 4.88 Å². The summed E-state index contributed by atoms with van der Waals surface area (Å²) < 4.78 is 36.5. The van der Waals surface area contributed by atoms with Crippen LogP contribution in [0.2, 0.25) is 0 Å². The van der Waals surface area contributed by atoms with Crippen LogP contribution in [-0.2, 0) is 13.0 Å². The zero-order valence-corrected chi connectivity index (χ0v) is 14.8. The molecule has 0 amide bonds. The fourth-order valence-electron chi connectivity index (χ4n) is 2.95. The molecule has 1 aromatic heterocycles. The van der Waals surface area contributed by atoms with Crippen molar-refractivity contribution in [3.05, 3.63) is 65.7 Å². The van der Waals surface area contributed by atoms with E-state index in [0.29, 0.717) is 0 Å². The highest BCUT2D eigenvalue weighted by Gasteiger charge is 2.31. The van der Waals surface area contributed by atoms with Crippen LogP contribution in [0.1, 0.15) is 11.4 Å². The summed E-state index contributed by atoms with van der Waals surface area (Å²) in [4.78, 5) is 1.41. The normalized spacial score (nSPS) is 13.1. The van der Waals surface area contributed by atoms with Crippen molar-refractivity contribution in [2.45, 2.75) is 19.4 Å². The third-order valence-electron chi connectivity index (χ3n) is 3.86. The molecule has 0 fully saturated rings. The van der Waals surface area contributed by atoms with Gasteiger partial charge in [0.05, 0.1) is 0 Å². The van der Waals surface area contributed by atoms with Crippen molar-refractivity contribution < 1.29 is 33.4 Å². The first-order chi connectivity index (χ1) is 11.9. The number of hydrogen-bond acceptors (Lipinski definition) is 5. The second kappa shape index (κ2) is 7.61. The van der Waals surface area contributed by atoms with E-state index in [0.717, 1.165) is 6.54 Å². The summed E-state index contributed by atoms with van der Waals surface area (Å²) in [5.74, 6) is 0. The second-order valence-corrected chi connectivity index (χ2v) is 7.38. The van der Waals surface area contributed by atoms with Crippen LogP contribution in [0.15, 0.2) is 60.7 Å². The number of thiazole rings is 1. The molecule has 1 aliphatic rings. The van der Waals surface area contributed by atoms with Crippen LogP contribution in [-0.4, -0.2) is 0 Å².